The molecule has 1 aromatic heterocycles. The number of H-pyrrole nitrogens is 1. The Kier molecular flexibility index (Phi) is 6.51. The third-order valence-corrected chi connectivity index (χ3v) is 6.94. The fourth-order valence-corrected chi connectivity index (χ4v) is 4.91. The molecule has 1 atom stereocenters. The number of primary amides is 1. The second kappa shape index (κ2) is 9.90. The smallest absolute Gasteiger partial charge is 0.334 e. The fourth-order valence-electron chi connectivity index (χ4n) is 4.91. The SMILES string of the molecule is COc1ccccc1N(C(N)=O)N1Cc2[nH]nc(NC(=O)C(C)c3ccc(N4CCCC4)cc3)c2C1. The molecule has 2 aromatic carbocycles. The van der Waals surface area contributed by atoms with Crippen molar-refractivity contribution < 1.29 is 14.3 Å². The normalized spacial score (nSPS) is 16.0. The van der Waals surface area contributed by atoms with Crippen LogP contribution in [0.2, 0.25) is 0 Å². The number of nitrogens with two attached hydrogens (primary N) is 1. The van der Waals surface area contributed by atoms with Crippen LogP contribution in [0.3, 0.4) is 0 Å². The van der Waals surface area contributed by atoms with Crippen molar-refractivity contribution in [3.63, 3.8) is 0 Å². The monoisotopic (exact) mass is 489 g/mol. The van der Waals surface area contributed by atoms with Crippen molar-refractivity contribution in [2.24, 2.45) is 5.73 Å². The van der Waals surface area contributed by atoms with Crippen LogP contribution in [-0.4, -0.2) is 47.3 Å². The highest BCUT2D eigenvalue weighted by Crippen LogP contribution is 2.35. The van der Waals surface area contributed by atoms with E-state index in [1.807, 2.05) is 31.2 Å². The number of para-hydroxylation sites is 2. The van der Waals surface area contributed by atoms with E-state index in [2.05, 4.69) is 32.5 Å². The number of methoxy groups -OCH3 is 1. The molecule has 10 nitrogen and oxygen atoms in total. The number of hydrazine groups is 1. The van der Waals surface area contributed by atoms with E-state index in [4.69, 9.17) is 10.5 Å². The number of benzene rings is 2. The zero-order valence-electron chi connectivity index (χ0n) is 20.5. The minimum Gasteiger partial charge on any atom is -0.495 e. The van der Waals surface area contributed by atoms with E-state index in [0.29, 0.717) is 30.3 Å². The lowest BCUT2D eigenvalue weighted by Crippen LogP contribution is -2.47. The summed E-state index contributed by atoms with van der Waals surface area (Å²) in [6.45, 7) is 4.78. The first kappa shape index (κ1) is 23.7. The molecule has 3 aromatic rings. The molecular weight excluding hydrogens is 458 g/mol. The van der Waals surface area contributed by atoms with Crippen LogP contribution in [-0.2, 0) is 17.9 Å². The van der Waals surface area contributed by atoms with Gasteiger partial charge in [-0.2, -0.15) is 5.10 Å². The van der Waals surface area contributed by atoms with Gasteiger partial charge in [0.15, 0.2) is 5.82 Å². The van der Waals surface area contributed by atoms with Crippen LogP contribution in [0.4, 0.5) is 22.0 Å². The predicted octanol–water partition coefficient (Wildman–Crippen LogP) is 3.58. The Bertz CT molecular complexity index is 1250. The topological polar surface area (TPSA) is 120 Å². The molecule has 1 saturated heterocycles. The second-order valence-corrected chi connectivity index (χ2v) is 9.17. The van der Waals surface area contributed by atoms with Crippen molar-refractivity contribution in [1.82, 2.24) is 15.2 Å². The van der Waals surface area contributed by atoms with E-state index >= 15 is 0 Å². The highest BCUT2D eigenvalue weighted by Gasteiger charge is 2.33. The molecule has 0 radical (unpaired) electrons. The Balaban J connectivity index is 1.28. The minimum absolute atomic E-state index is 0.145. The number of ether oxygens (including phenoxy) is 1. The highest BCUT2D eigenvalue weighted by atomic mass is 16.5. The molecular formula is C26H31N7O3. The number of nitrogens with zero attached hydrogens (tertiary/aromatic N) is 4. The van der Waals surface area contributed by atoms with Gasteiger partial charge < -0.3 is 20.7 Å². The number of aromatic nitrogens is 2. The van der Waals surface area contributed by atoms with E-state index in [-0.39, 0.29) is 11.8 Å². The number of aromatic amines is 1. The number of urea groups is 1. The molecule has 2 aliphatic heterocycles. The molecule has 188 valence electrons. The summed E-state index contributed by atoms with van der Waals surface area (Å²) in [7, 11) is 1.54. The van der Waals surface area contributed by atoms with Gasteiger partial charge in [0.05, 0.1) is 25.3 Å². The van der Waals surface area contributed by atoms with E-state index in [1.54, 1.807) is 24.3 Å². The van der Waals surface area contributed by atoms with Crippen molar-refractivity contribution in [2.45, 2.75) is 38.8 Å². The maximum absolute atomic E-state index is 13.1. The van der Waals surface area contributed by atoms with Gasteiger partial charge in [0.1, 0.15) is 11.4 Å². The molecule has 3 heterocycles. The molecule has 10 heteroatoms. The first-order chi connectivity index (χ1) is 17.5. The molecule has 0 spiro atoms. The lowest BCUT2D eigenvalue weighted by Gasteiger charge is -2.30. The van der Waals surface area contributed by atoms with Crippen LogP contribution >= 0.6 is 0 Å². The molecule has 1 unspecified atom stereocenters. The summed E-state index contributed by atoms with van der Waals surface area (Å²) in [5.74, 6) is 0.497. The number of fused-ring (bicyclic) bond motifs is 1. The van der Waals surface area contributed by atoms with Gasteiger partial charge in [-0.25, -0.2) is 14.8 Å². The molecule has 4 N–H and O–H groups in total. The lowest BCUT2D eigenvalue weighted by atomic mass is 10.00. The number of anilines is 3. The van der Waals surface area contributed by atoms with Gasteiger partial charge in [0.2, 0.25) is 5.91 Å². The predicted molar refractivity (Wildman–Crippen MR) is 138 cm³/mol. The highest BCUT2D eigenvalue weighted by molar-refractivity contribution is 5.96. The van der Waals surface area contributed by atoms with Gasteiger partial charge in [-0.1, -0.05) is 24.3 Å². The maximum Gasteiger partial charge on any atom is 0.334 e. The van der Waals surface area contributed by atoms with E-state index in [9.17, 15) is 9.59 Å². The van der Waals surface area contributed by atoms with Crippen LogP contribution in [0.25, 0.3) is 0 Å². The first-order valence-corrected chi connectivity index (χ1v) is 12.2. The first-order valence-electron chi connectivity index (χ1n) is 12.2. The Hall–Kier alpha value is -4.05. The number of nitrogens with one attached hydrogen (secondary N) is 2. The fraction of sp³-hybridized carbons (Fsp3) is 0.346. The van der Waals surface area contributed by atoms with Crippen molar-refractivity contribution in [3.05, 3.63) is 65.4 Å². The Morgan fingerprint density at radius 1 is 1.11 bits per heavy atom. The van der Waals surface area contributed by atoms with Crippen molar-refractivity contribution in [3.8, 4) is 5.75 Å². The minimum atomic E-state index is -0.630. The molecule has 3 amide bonds. The summed E-state index contributed by atoms with van der Waals surface area (Å²) in [5.41, 5.74) is 10.1. The number of carbonyl (C=O) groups is 2. The third kappa shape index (κ3) is 4.47. The quantitative estimate of drug-likeness (QED) is 0.467. The summed E-state index contributed by atoms with van der Waals surface area (Å²) in [5, 5.41) is 13.5. The summed E-state index contributed by atoms with van der Waals surface area (Å²) in [6, 6.07) is 14.8. The van der Waals surface area contributed by atoms with Crippen LogP contribution in [0.1, 0.15) is 42.5 Å². The van der Waals surface area contributed by atoms with Crippen molar-refractivity contribution in [1.29, 1.82) is 0 Å². The van der Waals surface area contributed by atoms with Gasteiger partial charge in [-0.05, 0) is 49.6 Å². The molecule has 2 aliphatic rings. The van der Waals surface area contributed by atoms with Crippen LogP contribution in [0.15, 0.2) is 48.5 Å². The van der Waals surface area contributed by atoms with Gasteiger partial charge in [0, 0.05) is 30.9 Å². The Morgan fingerprint density at radius 3 is 2.53 bits per heavy atom. The molecule has 5 rings (SSSR count). The standard InChI is InChI=1S/C26H31N7O3/c1-17(18-9-11-19(12-10-18)31-13-5-6-14-31)25(34)28-24-20-15-32(16-21(20)29-30-24)33(26(27)35)22-7-3-4-8-23(22)36-2/h3-4,7-12,17H,5-6,13-16H2,1-2H3,(H2,27,35)(H2,28,29,30,34). The molecule has 0 aliphatic carbocycles. The van der Waals surface area contributed by atoms with Crippen molar-refractivity contribution in [2.75, 3.05) is 35.4 Å². The Labute approximate surface area is 210 Å². The van der Waals surface area contributed by atoms with E-state index in [0.717, 1.165) is 29.9 Å². The summed E-state index contributed by atoms with van der Waals surface area (Å²) < 4.78 is 5.42. The van der Waals surface area contributed by atoms with Crippen LogP contribution < -0.4 is 25.7 Å². The molecule has 36 heavy (non-hydrogen) atoms. The number of hydrogen-bond donors (Lipinski definition) is 3. The van der Waals surface area contributed by atoms with Gasteiger partial charge in [-0.3, -0.25) is 9.89 Å². The number of rotatable bonds is 7. The number of amides is 3. The largest absolute Gasteiger partial charge is 0.495 e. The molecule has 0 bridgehead atoms. The van der Waals surface area contributed by atoms with Gasteiger partial charge >= 0.3 is 6.03 Å². The second-order valence-electron chi connectivity index (χ2n) is 9.17. The van der Waals surface area contributed by atoms with E-state index in [1.165, 1.54) is 23.5 Å². The summed E-state index contributed by atoms with van der Waals surface area (Å²) in [6.07, 6.45) is 2.45. The number of carbonyl (C=O) groups excluding carboxylic acids is 2. The summed E-state index contributed by atoms with van der Waals surface area (Å²) >= 11 is 0. The zero-order valence-corrected chi connectivity index (χ0v) is 20.5. The van der Waals surface area contributed by atoms with Crippen LogP contribution in [0.5, 0.6) is 5.75 Å². The zero-order chi connectivity index (χ0) is 25.2. The van der Waals surface area contributed by atoms with Crippen LogP contribution in [0, 0.1) is 0 Å². The van der Waals surface area contributed by atoms with E-state index < -0.39 is 6.03 Å². The lowest BCUT2D eigenvalue weighted by molar-refractivity contribution is -0.117. The average molecular weight is 490 g/mol. The third-order valence-electron chi connectivity index (χ3n) is 6.94. The Morgan fingerprint density at radius 2 is 1.83 bits per heavy atom. The molecule has 1 fully saturated rings. The van der Waals surface area contributed by atoms with Gasteiger partial charge in [-0.15, -0.1) is 0 Å². The summed E-state index contributed by atoms with van der Waals surface area (Å²) in [4.78, 5) is 27.9. The average Bonchev–Trinajstić information content (AvgIpc) is 3.63. The van der Waals surface area contributed by atoms with Gasteiger partial charge in [0.25, 0.3) is 0 Å². The molecule has 0 saturated carbocycles. The number of hydrogen-bond acceptors (Lipinski definition) is 6. The maximum atomic E-state index is 13.1. The van der Waals surface area contributed by atoms with Crippen molar-refractivity contribution >= 4 is 29.1 Å².